The lowest BCUT2D eigenvalue weighted by Crippen LogP contribution is -2.48. The summed E-state index contributed by atoms with van der Waals surface area (Å²) in [4.78, 5) is 6.12. The summed E-state index contributed by atoms with van der Waals surface area (Å²) in [6.07, 6.45) is 12.0. The summed E-state index contributed by atoms with van der Waals surface area (Å²) in [7, 11) is 0. The van der Waals surface area contributed by atoms with Gasteiger partial charge in [-0.1, -0.05) is 48.5 Å². The van der Waals surface area contributed by atoms with Crippen molar-refractivity contribution in [1.29, 1.82) is 0 Å². The fourth-order valence-corrected chi connectivity index (χ4v) is 7.97. The van der Waals surface area contributed by atoms with E-state index in [0.717, 1.165) is 34.6 Å². The van der Waals surface area contributed by atoms with E-state index in [1.54, 1.807) is 11.8 Å². The summed E-state index contributed by atoms with van der Waals surface area (Å²) in [6.45, 7) is 0. The maximum Gasteiger partial charge on any atom is 0.128 e. The quantitative estimate of drug-likeness (QED) is 0.313. The molecule has 0 aromatic heterocycles. The molecule has 0 amide bonds. The van der Waals surface area contributed by atoms with Gasteiger partial charge in [-0.2, -0.15) is 0 Å². The van der Waals surface area contributed by atoms with Crippen molar-refractivity contribution >= 4 is 23.7 Å². The number of rotatable bonds is 5. The molecule has 33 heavy (non-hydrogen) atoms. The number of phenols is 1. The average Bonchev–Trinajstić information content (AvgIpc) is 2.82. The third-order valence-electron chi connectivity index (χ3n) is 8.32. The maximum absolute atomic E-state index is 11.4. The molecule has 4 aliphatic carbocycles. The Morgan fingerprint density at radius 1 is 0.818 bits per heavy atom. The third kappa shape index (κ3) is 3.71. The molecule has 0 unspecified atom stereocenters. The minimum Gasteiger partial charge on any atom is -0.507 e. The van der Waals surface area contributed by atoms with Gasteiger partial charge in [0.2, 0.25) is 0 Å². The maximum atomic E-state index is 11.4. The first kappa shape index (κ1) is 21.0. The lowest BCUT2D eigenvalue weighted by Gasteiger charge is -2.57. The zero-order valence-corrected chi connectivity index (χ0v) is 20.0. The summed E-state index contributed by atoms with van der Waals surface area (Å²) in [6, 6.07) is 23.1. The van der Waals surface area contributed by atoms with Crippen LogP contribution in [0.1, 0.15) is 49.7 Å². The van der Waals surface area contributed by atoms with Crippen LogP contribution in [0.25, 0.3) is 11.1 Å². The summed E-state index contributed by atoms with van der Waals surface area (Å²) in [5, 5.41) is 11.4. The lowest BCUT2D eigenvalue weighted by molar-refractivity contribution is -0.00613. The number of aromatic hydroxyl groups is 1. The van der Waals surface area contributed by atoms with Crippen LogP contribution in [0.5, 0.6) is 5.75 Å². The van der Waals surface area contributed by atoms with Crippen molar-refractivity contribution in [1.82, 2.24) is 0 Å². The first-order valence-electron chi connectivity index (χ1n) is 12.2. The lowest BCUT2D eigenvalue weighted by atomic mass is 9.48. The first-order valence-corrected chi connectivity index (χ1v) is 13.5. The number of aliphatic imine (C=N–C) groups is 1. The smallest absolute Gasteiger partial charge is 0.128 e. The summed E-state index contributed by atoms with van der Waals surface area (Å²) in [5.74, 6) is 3.02. The van der Waals surface area contributed by atoms with Crippen molar-refractivity contribution < 1.29 is 5.11 Å². The van der Waals surface area contributed by atoms with Crippen LogP contribution in [0.3, 0.4) is 0 Å². The summed E-state index contributed by atoms with van der Waals surface area (Å²) in [5.41, 5.74) is 5.43. The topological polar surface area (TPSA) is 32.6 Å². The van der Waals surface area contributed by atoms with Gasteiger partial charge >= 0.3 is 0 Å². The van der Waals surface area contributed by atoms with Crippen molar-refractivity contribution in [3.8, 4) is 16.9 Å². The van der Waals surface area contributed by atoms with E-state index in [1.807, 2.05) is 18.3 Å². The molecule has 0 spiro atoms. The Morgan fingerprint density at radius 3 is 2.15 bits per heavy atom. The Hall–Kier alpha value is -2.52. The molecule has 3 aromatic carbocycles. The van der Waals surface area contributed by atoms with E-state index in [1.165, 1.54) is 54.5 Å². The molecule has 4 aliphatic rings. The monoisotopic (exact) mass is 453 g/mol. The van der Waals surface area contributed by atoms with Crippen LogP contribution in [-0.2, 0) is 5.41 Å². The second-order valence-electron chi connectivity index (χ2n) is 10.4. The number of benzene rings is 3. The van der Waals surface area contributed by atoms with Crippen LogP contribution >= 0.6 is 11.8 Å². The van der Waals surface area contributed by atoms with Gasteiger partial charge in [0, 0.05) is 27.8 Å². The number of hydrogen-bond donors (Lipinski definition) is 1. The van der Waals surface area contributed by atoms with E-state index in [4.69, 9.17) is 4.99 Å². The van der Waals surface area contributed by atoms with E-state index >= 15 is 0 Å². The highest BCUT2D eigenvalue weighted by atomic mass is 32.2. The van der Waals surface area contributed by atoms with Gasteiger partial charge in [0.05, 0.1) is 5.69 Å². The highest BCUT2D eigenvalue weighted by Crippen LogP contribution is 2.62. The van der Waals surface area contributed by atoms with Crippen LogP contribution in [-0.4, -0.2) is 17.6 Å². The average molecular weight is 454 g/mol. The fraction of sp³-hybridized carbons (Fsp3) is 0.367. The highest BCUT2D eigenvalue weighted by molar-refractivity contribution is 7.98. The zero-order chi connectivity index (χ0) is 22.4. The van der Waals surface area contributed by atoms with Crippen molar-refractivity contribution in [2.75, 3.05) is 6.26 Å². The highest BCUT2D eigenvalue weighted by Gasteiger charge is 2.52. The fourth-order valence-electron chi connectivity index (χ4n) is 7.35. The molecule has 3 aromatic rings. The van der Waals surface area contributed by atoms with Crippen LogP contribution in [0.2, 0.25) is 0 Å². The molecule has 1 N–H and O–H groups in total. The first-order chi connectivity index (χ1) is 16.1. The van der Waals surface area contributed by atoms with E-state index < -0.39 is 0 Å². The molecule has 0 heterocycles. The van der Waals surface area contributed by atoms with Crippen LogP contribution in [0.15, 0.2) is 76.6 Å². The molecule has 4 fully saturated rings. The third-order valence-corrected chi connectivity index (χ3v) is 9.12. The Kier molecular flexibility index (Phi) is 5.33. The minimum absolute atomic E-state index is 0.178. The van der Waals surface area contributed by atoms with E-state index in [0.29, 0.717) is 5.75 Å². The molecule has 0 aliphatic heterocycles. The molecular formula is C30H31NOS. The molecule has 4 saturated carbocycles. The van der Waals surface area contributed by atoms with Gasteiger partial charge in [0.1, 0.15) is 5.75 Å². The van der Waals surface area contributed by atoms with E-state index in [9.17, 15) is 5.11 Å². The van der Waals surface area contributed by atoms with Crippen molar-refractivity contribution in [2.45, 2.75) is 48.8 Å². The van der Waals surface area contributed by atoms with Crippen molar-refractivity contribution in [2.24, 2.45) is 22.7 Å². The molecule has 2 nitrogen and oxygen atoms in total. The normalized spacial score (nSPS) is 28.0. The minimum atomic E-state index is 0.178. The van der Waals surface area contributed by atoms with Crippen LogP contribution < -0.4 is 0 Å². The number of para-hydroxylation sites is 2. The number of thioether (sulfide) groups is 1. The van der Waals surface area contributed by atoms with Gasteiger partial charge in [0.25, 0.3) is 0 Å². The molecule has 0 atom stereocenters. The largest absolute Gasteiger partial charge is 0.507 e. The van der Waals surface area contributed by atoms with Gasteiger partial charge in [-0.05, 0) is 91.7 Å². The molecule has 3 heteroatoms. The number of hydrogen-bond acceptors (Lipinski definition) is 3. The summed E-state index contributed by atoms with van der Waals surface area (Å²) < 4.78 is 0. The SMILES string of the molecule is CSc1ccccc1-c1ccccc1N=Cc1cccc(C23CC4CC(CC(C4)C2)C3)c1O. The van der Waals surface area contributed by atoms with Gasteiger partial charge in [0.15, 0.2) is 0 Å². The Morgan fingerprint density at radius 2 is 1.45 bits per heavy atom. The van der Waals surface area contributed by atoms with Crippen LogP contribution in [0, 0.1) is 17.8 Å². The van der Waals surface area contributed by atoms with Gasteiger partial charge in [-0.15, -0.1) is 11.8 Å². The number of phenolic OH excluding ortho intramolecular Hbond substituents is 1. The molecule has 7 rings (SSSR count). The predicted molar refractivity (Wildman–Crippen MR) is 139 cm³/mol. The van der Waals surface area contributed by atoms with Gasteiger partial charge < -0.3 is 5.11 Å². The molecule has 0 radical (unpaired) electrons. The Balaban J connectivity index is 1.35. The van der Waals surface area contributed by atoms with Crippen molar-refractivity contribution in [3.05, 3.63) is 77.9 Å². The standard InChI is InChI=1S/C30H31NOS/c1-33-28-12-5-3-9-25(28)24-8-2-4-11-27(24)31-19-23-7-6-10-26(29(23)32)30-16-20-13-21(17-30)15-22(14-20)18-30/h2-12,19-22,32H,13-18H2,1H3. The zero-order valence-electron chi connectivity index (χ0n) is 19.2. The summed E-state index contributed by atoms with van der Waals surface area (Å²) >= 11 is 1.75. The van der Waals surface area contributed by atoms with Gasteiger partial charge in [-0.25, -0.2) is 0 Å². The van der Waals surface area contributed by atoms with E-state index in [2.05, 4.69) is 60.9 Å². The Bertz CT molecular complexity index is 1180. The number of nitrogens with zero attached hydrogens (tertiary/aromatic N) is 1. The van der Waals surface area contributed by atoms with Gasteiger partial charge in [-0.3, -0.25) is 4.99 Å². The predicted octanol–water partition coefficient (Wildman–Crippen LogP) is 8.00. The second kappa shape index (κ2) is 8.36. The molecule has 4 bridgehead atoms. The Labute approximate surface area is 201 Å². The molecule has 0 saturated heterocycles. The second-order valence-corrected chi connectivity index (χ2v) is 11.3. The van der Waals surface area contributed by atoms with Crippen LogP contribution in [0.4, 0.5) is 5.69 Å². The van der Waals surface area contributed by atoms with E-state index in [-0.39, 0.29) is 5.41 Å². The molecular weight excluding hydrogens is 422 g/mol. The van der Waals surface area contributed by atoms with Crippen molar-refractivity contribution in [3.63, 3.8) is 0 Å². The molecule has 168 valence electrons.